The van der Waals surface area contributed by atoms with Crippen LogP contribution in [0.5, 0.6) is 0 Å². The number of nitrogens with zero attached hydrogens (tertiary/aromatic N) is 4. The summed E-state index contributed by atoms with van der Waals surface area (Å²) in [6, 6.07) is -0.306. The van der Waals surface area contributed by atoms with Crippen LogP contribution < -0.4 is 0 Å². The first kappa shape index (κ1) is 16.5. The van der Waals surface area contributed by atoms with Crippen LogP contribution in [-0.4, -0.2) is 57.3 Å². The van der Waals surface area contributed by atoms with E-state index < -0.39 is 0 Å². The van der Waals surface area contributed by atoms with Gasteiger partial charge < -0.3 is 14.4 Å². The number of hydrogen-bond donors (Lipinski definition) is 0. The van der Waals surface area contributed by atoms with Gasteiger partial charge in [-0.05, 0) is 6.42 Å². The lowest BCUT2D eigenvalue weighted by Crippen LogP contribution is -2.58. The van der Waals surface area contributed by atoms with E-state index in [-0.39, 0.29) is 24.4 Å². The van der Waals surface area contributed by atoms with Crippen LogP contribution in [0.1, 0.15) is 38.9 Å². The summed E-state index contributed by atoms with van der Waals surface area (Å²) in [5.41, 5.74) is 0. The normalized spacial score (nSPS) is 18.9. The number of hydrogen-bond acceptors (Lipinski definition) is 3. The molecule has 2 rings (SSSR count). The van der Waals surface area contributed by atoms with Gasteiger partial charge in [0, 0.05) is 39.0 Å². The highest BCUT2D eigenvalue weighted by atomic mass is 16.2. The predicted molar refractivity (Wildman–Crippen MR) is 84.3 cm³/mol. The highest BCUT2D eigenvalue weighted by Crippen LogP contribution is 2.17. The van der Waals surface area contributed by atoms with Gasteiger partial charge in [-0.3, -0.25) is 9.59 Å². The third-order valence-corrected chi connectivity index (χ3v) is 4.29. The molecule has 0 bridgehead atoms. The summed E-state index contributed by atoms with van der Waals surface area (Å²) in [6.07, 6.45) is 7.07. The Morgan fingerprint density at radius 1 is 1.36 bits per heavy atom. The maximum atomic E-state index is 12.7. The number of rotatable bonds is 6. The van der Waals surface area contributed by atoms with Crippen LogP contribution in [0, 0.1) is 0 Å². The molecule has 1 unspecified atom stereocenters. The zero-order valence-electron chi connectivity index (χ0n) is 13.8. The monoisotopic (exact) mass is 306 g/mol. The largest absolute Gasteiger partial charge is 0.342 e. The van der Waals surface area contributed by atoms with Crippen LogP contribution in [0.15, 0.2) is 12.4 Å². The molecule has 1 saturated heterocycles. The topological polar surface area (TPSA) is 58.4 Å². The quantitative estimate of drug-likeness (QED) is 0.796. The van der Waals surface area contributed by atoms with E-state index in [1.807, 2.05) is 24.7 Å². The van der Waals surface area contributed by atoms with Crippen molar-refractivity contribution in [2.75, 3.05) is 20.1 Å². The predicted octanol–water partition coefficient (Wildman–Crippen LogP) is 1.30. The van der Waals surface area contributed by atoms with Crippen LogP contribution in [0.2, 0.25) is 0 Å². The van der Waals surface area contributed by atoms with Gasteiger partial charge in [-0.1, -0.05) is 26.7 Å². The Balaban J connectivity index is 2.10. The third kappa shape index (κ3) is 3.48. The molecule has 6 heteroatoms. The number of piperazine rings is 1. The van der Waals surface area contributed by atoms with E-state index in [2.05, 4.69) is 11.9 Å². The Morgan fingerprint density at radius 2 is 2.14 bits per heavy atom. The van der Waals surface area contributed by atoms with Crippen LogP contribution in [-0.2, 0) is 22.6 Å². The van der Waals surface area contributed by atoms with Crippen LogP contribution in [0.25, 0.3) is 0 Å². The highest BCUT2D eigenvalue weighted by Gasteiger charge is 2.35. The minimum atomic E-state index is -0.306. The van der Waals surface area contributed by atoms with Crippen molar-refractivity contribution in [3.05, 3.63) is 18.2 Å². The molecule has 122 valence electrons. The van der Waals surface area contributed by atoms with E-state index >= 15 is 0 Å². The smallest absolute Gasteiger partial charge is 0.245 e. The van der Waals surface area contributed by atoms with Gasteiger partial charge in [0.05, 0.1) is 0 Å². The lowest BCUT2D eigenvalue weighted by atomic mass is 10.0. The minimum Gasteiger partial charge on any atom is -0.342 e. The molecule has 22 heavy (non-hydrogen) atoms. The second-order valence-electron chi connectivity index (χ2n) is 5.83. The summed E-state index contributed by atoms with van der Waals surface area (Å²) in [7, 11) is 1.81. The van der Waals surface area contributed by atoms with Crippen molar-refractivity contribution in [3.8, 4) is 0 Å². The average molecular weight is 306 g/mol. The fraction of sp³-hybridized carbons (Fsp3) is 0.688. The number of unbranched alkanes of at least 4 members (excludes halogenated alkanes) is 1. The molecule has 2 heterocycles. The number of likely N-dealkylation sites (N-methyl/N-ethyl adjacent to an activating group) is 1. The standard InChI is InChI=1S/C16H26N4O2/c1-4-6-7-13-16(22)18(3)10-11-20(13)15(21)12-19-9-8-17-14(19)5-2/h8-9,13H,4-7,10-12H2,1-3H3. The molecule has 2 amide bonds. The van der Waals surface area contributed by atoms with E-state index in [4.69, 9.17) is 0 Å². The first-order valence-corrected chi connectivity index (χ1v) is 8.12. The first-order chi connectivity index (χ1) is 10.6. The van der Waals surface area contributed by atoms with Gasteiger partial charge in [-0.2, -0.15) is 0 Å². The second-order valence-corrected chi connectivity index (χ2v) is 5.83. The third-order valence-electron chi connectivity index (χ3n) is 4.29. The molecule has 1 aromatic heterocycles. The molecule has 1 aromatic rings. The Labute approximate surface area is 132 Å². The average Bonchev–Trinajstić information content (AvgIpc) is 2.95. The van der Waals surface area contributed by atoms with Crippen molar-refractivity contribution in [3.63, 3.8) is 0 Å². The molecule has 1 fully saturated rings. The van der Waals surface area contributed by atoms with Crippen molar-refractivity contribution in [2.45, 2.75) is 52.1 Å². The number of amides is 2. The molecule has 1 aliphatic heterocycles. The van der Waals surface area contributed by atoms with E-state index in [1.54, 1.807) is 16.0 Å². The second kappa shape index (κ2) is 7.42. The first-order valence-electron chi connectivity index (χ1n) is 8.12. The van der Waals surface area contributed by atoms with E-state index in [0.717, 1.165) is 31.5 Å². The number of carbonyl (C=O) groups is 2. The Morgan fingerprint density at radius 3 is 2.82 bits per heavy atom. The maximum absolute atomic E-state index is 12.7. The summed E-state index contributed by atoms with van der Waals surface area (Å²) in [5.74, 6) is 0.976. The summed E-state index contributed by atoms with van der Waals surface area (Å²) in [4.78, 5) is 32.8. The summed E-state index contributed by atoms with van der Waals surface area (Å²) < 4.78 is 1.88. The van der Waals surface area contributed by atoms with Gasteiger partial charge in [-0.15, -0.1) is 0 Å². The van der Waals surface area contributed by atoms with Crippen molar-refractivity contribution in [1.29, 1.82) is 0 Å². The number of carbonyl (C=O) groups excluding carboxylic acids is 2. The molecule has 1 atom stereocenters. The zero-order valence-corrected chi connectivity index (χ0v) is 13.8. The lowest BCUT2D eigenvalue weighted by Gasteiger charge is -2.39. The van der Waals surface area contributed by atoms with Crippen LogP contribution in [0.3, 0.4) is 0 Å². The van der Waals surface area contributed by atoms with Crippen LogP contribution in [0.4, 0.5) is 0 Å². The molecule has 0 radical (unpaired) electrons. The summed E-state index contributed by atoms with van der Waals surface area (Å²) in [5, 5.41) is 0. The number of aromatic nitrogens is 2. The highest BCUT2D eigenvalue weighted by molar-refractivity contribution is 5.88. The maximum Gasteiger partial charge on any atom is 0.245 e. The van der Waals surface area contributed by atoms with Gasteiger partial charge in [0.1, 0.15) is 18.4 Å². The SMILES string of the molecule is CCCCC1C(=O)N(C)CCN1C(=O)Cn1ccnc1CC. The molecule has 1 aliphatic rings. The summed E-state index contributed by atoms with van der Waals surface area (Å²) in [6.45, 7) is 5.61. The zero-order chi connectivity index (χ0) is 16.1. The van der Waals surface area contributed by atoms with Crippen molar-refractivity contribution in [1.82, 2.24) is 19.4 Å². The summed E-state index contributed by atoms with van der Waals surface area (Å²) >= 11 is 0. The molecule has 6 nitrogen and oxygen atoms in total. The van der Waals surface area contributed by atoms with Crippen molar-refractivity contribution < 1.29 is 9.59 Å². The lowest BCUT2D eigenvalue weighted by molar-refractivity contribution is -0.151. The Bertz CT molecular complexity index is 526. The molecular weight excluding hydrogens is 280 g/mol. The fourth-order valence-corrected chi connectivity index (χ4v) is 2.92. The fourth-order valence-electron chi connectivity index (χ4n) is 2.92. The Hall–Kier alpha value is -1.85. The molecule has 0 aromatic carbocycles. The van der Waals surface area contributed by atoms with Crippen molar-refractivity contribution >= 4 is 11.8 Å². The van der Waals surface area contributed by atoms with Crippen LogP contribution >= 0.6 is 0 Å². The molecule has 0 N–H and O–H groups in total. The molecule has 0 saturated carbocycles. The molecule has 0 spiro atoms. The number of imidazole rings is 1. The van der Waals surface area contributed by atoms with E-state index in [0.29, 0.717) is 13.1 Å². The van der Waals surface area contributed by atoms with E-state index in [9.17, 15) is 9.59 Å². The van der Waals surface area contributed by atoms with E-state index in [1.165, 1.54) is 0 Å². The van der Waals surface area contributed by atoms with Gasteiger partial charge in [-0.25, -0.2) is 4.98 Å². The van der Waals surface area contributed by atoms with Gasteiger partial charge in [0.2, 0.25) is 11.8 Å². The van der Waals surface area contributed by atoms with Gasteiger partial charge >= 0.3 is 0 Å². The molecular formula is C16H26N4O2. The number of aryl methyl sites for hydroxylation is 1. The van der Waals surface area contributed by atoms with Crippen molar-refractivity contribution in [2.24, 2.45) is 0 Å². The Kier molecular flexibility index (Phi) is 5.57. The molecule has 0 aliphatic carbocycles. The van der Waals surface area contributed by atoms with Gasteiger partial charge in [0.15, 0.2) is 0 Å². The minimum absolute atomic E-state index is 0.00949. The van der Waals surface area contributed by atoms with Gasteiger partial charge in [0.25, 0.3) is 0 Å².